The van der Waals surface area contributed by atoms with Gasteiger partial charge in [0, 0.05) is 26.5 Å². The molecule has 0 fully saturated rings. The molecule has 50 heavy (non-hydrogen) atoms. The first-order valence-corrected chi connectivity index (χ1v) is 17.8. The Morgan fingerprint density at radius 2 is 0.800 bits per heavy atom. The molecule has 0 atom stereocenters. The van der Waals surface area contributed by atoms with Crippen LogP contribution in [0.3, 0.4) is 0 Å². The quantitative estimate of drug-likeness (QED) is 0.189. The minimum atomic E-state index is -0.401. The van der Waals surface area contributed by atoms with E-state index in [1.165, 1.54) is 54.3 Å². The van der Waals surface area contributed by atoms with E-state index in [1.807, 2.05) is 17.8 Å². The lowest BCUT2D eigenvalue weighted by Gasteiger charge is -2.39. The van der Waals surface area contributed by atoms with E-state index in [-0.39, 0.29) is 0 Å². The van der Waals surface area contributed by atoms with Crippen LogP contribution < -0.4 is 0 Å². The normalized spacial score (nSPS) is 13.3. The molecular formula is C47H30N2S. The maximum absolute atomic E-state index is 5.24. The van der Waals surface area contributed by atoms with Crippen molar-refractivity contribution in [2.45, 2.75) is 15.2 Å². The monoisotopic (exact) mass is 654 g/mol. The summed E-state index contributed by atoms with van der Waals surface area (Å²) in [5.74, 6) is 0.717. The van der Waals surface area contributed by atoms with Crippen molar-refractivity contribution < 1.29 is 0 Å². The first-order valence-electron chi connectivity index (χ1n) is 17.0. The van der Waals surface area contributed by atoms with Crippen LogP contribution in [-0.2, 0) is 5.41 Å². The highest BCUT2D eigenvalue weighted by Gasteiger charge is 2.50. The molecule has 0 saturated heterocycles. The minimum Gasteiger partial charge on any atom is -0.228 e. The van der Waals surface area contributed by atoms with E-state index >= 15 is 0 Å². The highest BCUT2D eigenvalue weighted by molar-refractivity contribution is 7.99. The van der Waals surface area contributed by atoms with Crippen molar-refractivity contribution in [3.05, 3.63) is 204 Å². The predicted molar refractivity (Wildman–Crippen MR) is 205 cm³/mol. The van der Waals surface area contributed by atoms with E-state index in [0.717, 1.165) is 33.9 Å². The molecule has 7 aromatic carbocycles. The van der Waals surface area contributed by atoms with E-state index in [1.54, 1.807) is 0 Å². The standard InChI is InChI=1S/C47H30N2S/c1-3-13-31(14-4-1)32-23-25-34(26-24-32)43-30-42(33-15-5-2-6-16-33)48-46(49-43)35-27-28-39-37(29-35)36-17-7-8-18-38(36)47(39)40-19-9-11-21-44(40)50-45-22-12-10-20-41(45)47/h1-30H. The largest absolute Gasteiger partial charge is 0.228 e. The molecule has 1 aromatic heterocycles. The summed E-state index contributed by atoms with van der Waals surface area (Å²) in [6.45, 7) is 0. The Balaban J connectivity index is 1.16. The second-order valence-electron chi connectivity index (χ2n) is 12.9. The van der Waals surface area contributed by atoms with Crippen molar-refractivity contribution in [3.63, 3.8) is 0 Å². The topological polar surface area (TPSA) is 25.8 Å². The number of rotatable bonds is 4. The van der Waals surface area contributed by atoms with E-state index in [9.17, 15) is 0 Å². The minimum absolute atomic E-state index is 0.401. The van der Waals surface area contributed by atoms with Gasteiger partial charge in [-0.2, -0.15) is 0 Å². The van der Waals surface area contributed by atoms with E-state index in [4.69, 9.17) is 9.97 Å². The number of hydrogen-bond donors (Lipinski definition) is 0. The van der Waals surface area contributed by atoms with Gasteiger partial charge in [-0.15, -0.1) is 0 Å². The second-order valence-corrected chi connectivity index (χ2v) is 14.0. The first-order chi connectivity index (χ1) is 24.8. The molecule has 0 radical (unpaired) electrons. The lowest BCUT2D eigenvalue weighted by molar-refractivity contribution is 0.722. The van der Waals surface area contributed by atoms with Crippen LogP contribution in [0.5, 0.6) is 0 Å². The van der Waals surface area contributed by atoms with Gasteiger partial charge in [0.2, 0.25) is 0 Å². The number of aromatic nitrogens is 2. The summed E-state index contributed by atoms with van der Waals surface area (Å²) >= 11 is 1.87. The van der Waals surface area contributed by atoms with Gasteiger partial charge in [-0.05, 0) is 68.8 Å². The highest BCUT2D eigenvalue weighted by atomic mass is 32.2. The van der Waals surface area contributed by atoms with Crippen molar-refractivity contribution in [3.8, 4) is 56.2 Å². The Morgan fingerprint density at radius 1 is 0.340 bits per heavy atom. The fourth-order valence-corrected chi connectivity index (χ4v) is 9.14. The molecular weight excluding hydrogens is 625 g/mol. The number of fused-ring (bicyclic) bond motifs is 9. The van der Waals surface area contributed by atoms with Crippen molar-refractivity contribution in [2.24, 2.45) is 0 Å². The summed E-state index contributed by atoms with van der Waals surface area (Å²) in [6.07, 6.45) is 0. The smallest absolute Gasteiger partial charge is 0.160 e. The molecule has 2 nitrogen and oxygen atoms in total. The van der Waals surface area contributed by atoms with Crippen LogP contribution in [0.1, 0.15) is 22.3 Å². The number of hydrogen-bond acceptors (Lipinski definition) is 3. The fourth-order valence-electron chi connectivity index (χ4n) is 7.94. The van der Waals surface area contributed by atoms with Gasteiger partial charge >= 0.3 is 0 Å². The van der Waals surface area contributed by atoms with Crippen molar-refractivity contribution in [1.29, 1.82) is 0 Å². The molecule has 8 aromatic rings. The summed E-state index contributed by atoms with van der Waals surface area (Å²) in [6, 6.07) is 65.4. The van der Waals surface area contributed by atoms with E-state index in [0.29, 0.717) is 0 Å². The summed E-state index contributed by atoms with van der Waals surface area (Å²) in [5, 5.41) is 0. The van der Waals surface area contributed by atoms with Gasteiger partial charge in [-0.25, -0.2) is 9.97 Å². The zero-order valence-electron chi connectivity index (χ0n) is 27.1. The third kappa shape index (κ3) is 4.44. The molecule has 1 spiro atoms. The molecule has 0 bridgehead atoms. The Hall–Kier alpha value is -6.03. The van der Waals surface area contributed by atoms with Crippen molar-refractivity contribution in [2.75, 3.05) is 0 Å². The second kappa shape index (κ2) is 11.5. The molecule has 2 heterocycles. The van der Waals surface area contributed by atoms with Gasteiger partial charge in [0.15, 0.2) is 5.82 Å². The van der Waals surface area contributed by atoms with E-state index < -0.39 is 5.41 Å². The van der Waals surface area contributed by atoms with Gasteiger partial charge in [-0.1, -0.05) is 169 Å². The molecule has 1 aliphatic carbocycles. The summed E-state index contributed by atoms with van der Waals surface area (Å²) < 4.78 is 0. The number of nitrogens with zero attached hydrogens (tertiary/aromatic N) is 2. The third-order valence-electron chi connectivity index (χ3n) is 10.2. The number of benzene rings is 7. The average molecular weight is 655 g/mol. The van der Waals surface area contributed by atoms with Crippen LogP contribution in [0.15, 0.2) is 192 Å². The summed E-state index contributed by atoms with van der Waals surface area (Å²) in [7, 11) is 0. The lowest BCUT2D eigenvalue weighted by atomic mass is 9.67. The van der Waals surface area contributed by atoms with Crippen LogP contribution in [0, 0.1) is 0 Å². The van der Waals surface area contributed by atoms with Gasteiger partial charge in [0.25, 0.3) is 0 Å². The molecule has 0 N–H and O–H groups in total. The van der Waals surface area contributed by atoms with E-state index in [2.05, 4.69) is 176 Å². The van der Waals surface area contributed by atoms with Gasteiger partial charge < -0.3 is 0 Å². The SMILES string of the molecule is c1ccc(-c2ccc(-c3cc(-c4ccccc4)nc(-c4ccc5c(c4)-c4ccccc4C54c5ccccc5Sc5ccccc54)n3)cc2)cc1. The lowest BCUT2D eigenvalue weighted by Crippen LogP contribution is -2.31. The highest BCUT2D eigenvalue weighted by Crippen LogP contribution is 2.62. The molecule has 0 amide bonds. The predicted octanol–water partition coefficient (Wildman–Crippen LogP) is 12.0. The van der Waals surface area contributed by atoms with Crippen LogP contribution in [-0.4, -0.2) is 9.97 Å². The molecule has 0 saturated carbocycles. The molecule has 3 heteroatoms. The Morgan fingerprint density at radius 3 is 1.46 bits per heavy atom. The zero-order valence-corrected chi connectivity index (χ0v) is 27.9. The molecule has 0 unspecified atom stereocenters. The van der Waals surface area contributed by atoms with Gasteiger partial charge in [0.05, 0.1) is 16.8 Å². The third-order valence-corrected chi connectivity index (χ3v) is 11.3. The zero-order chi connectivity index (χ0) is 33.1. The maximum atomic E-state index is 5.24. The summed E-state index contributed by atoms with van der Waals surface area (Å²) in [5.41, 5.74) is 14.7. The average Bonchev–Trinajstić information content (AvgIpc) is 3.48. The van der Waals surface area contributed by atoms with Crippen LogP contribution in [0.2, 0.25) is 0 Å². The Labute approximate surface area is 296 Å². The molecule has 2 aliphatic rings. The van der Waals surface area contributed by atoms with Gasteiger partial charge in [-0.3, -0.25) is 0 Å². The van der Waals surface area contributed by atoms with Gasteiger partial charge in [0.1, 0.15) is 0 Å². The Kier molecular flexibility index (Phi) is 6.68. The maximum Gasteiger partial charge on any atom is 0.160 e. The van der Waals surface area contributed by atoms with Crippen LogP contribution in [0.4, 0.5) is 0 Å². The molecule has 10 rings (SSSR count). The van der Waals surface area contributed by atoms with Crippen LogP contribution in [0.25, 0.3) is 56.2 Å². The Bertz CT molecular complexity index is 2510. The van der Waals surface area contributed by atoms with Crippen molar-refractivity contribution >= 4 is 11.8 Å². The van der Waals surface area contributed by atoms with Crippen molar-refractivity contribution in [1.82, 2.24) is 9.97 Å². The first kappa shape index (κ1) is 28.9. The molecule has 234 valence electrons. The van der Waals surface area contributed by atoms with Crippen LogP contribution >= 0.6 is 11.8 Å². The fraction of sp³-hybridized carbons (Fsp3) is 0.0213. The summed E-state index contributed by atoms with van der Waals surface area (Å²) in [4.78, 5) is 13.1. The molecule has 1 aliphatic heterocycles.